The molecule has 0 aliphatic heterocycles. The van der Waals surface area contributed by atoms with E-state index < -0.39 is 5.97 Å². The molecular weight excluding hydrogens is 304 g/mol. The van der Waals surface area contributed by atoms with Crippen LogP contribution in [0.2, 0.25) is 0 Å². The van der Waals surface area contributed by atoms with E-state index in [1.807, 2.05) is 25.1 Å². The van der Waals surface area contributed by atoms with E-state index in [-0.39, 0.29) is 24.6 Å². The molecule has 1 amide bonds. The topological polar surface area (TPSA) is 88.5 Å². The van der Waals surface area contributed by atoms with Crippen molar-refractivity contribution >= 4 is 23.2 Å². The van der Waals surface area contributed by atoms with Gasteiger partial charge in [0, 0.05) is 10.9 Å². The van der Waals surface area contributed by atoms with Crippen LogP contribution in [0.5, 0.6) is 5.75 Å². The first kappa shape index (κ1) is 16.0. The van der Waals surface area contributed by atoms with E-state index >= 15 is 0 Å². The highest BCUT2D eigenvalue weighted by Gasteiger charge is 2.11. The Morgan fingerprint density at radius 1 is 1.41 bits per heavy atom. The summed E-state index contributed by atoms with van der Waals surface area (Å²) in [5.74, 6) is -0.572. The van der Waals surface area contributed by atoms with Crippen molar-refractivity contribution in [2.24, 2.45) is 0 Å². The number of ether oxygens (including phenoxy) is 1. The second-order valence-corrected chi connectivity index (χ2v) is 5.64. The number of carboxylic acids is 1. The Morgan fingerprint density at radius 3 is 2.82 bits per heavy atom. The molecule has 6 nitrogen and oxygen atoms in total. The SMILES string of the molecule is COc1ccc(C)cc1CC(=O)NCc1nc(C(=O)O)cs1. The lowest BCUT2D eigenvalue weighted by molar-refractivity contribution is -0.120. The summed E-state index contributed by atoms with van der Waals surface area (Å²) < 4.78 is 5.24. The van der Waals surface area contributed by atoms with Gasteiger partial charge in [0.15, 0.2) is 5.69 Å². The number of benzene rings is 1. The zero-order chi connectivity index (χ0) is 16.1. The number of hydrogen-bond donors (Lipinski definition) is 2. The number of aromatic nitrogens is 1. The molecule has 0 radical (unpaired) electrons. The molecule has 0 unspecified atom stereocenters. The van der Waals surface area contributed by atoms with Gasteiger partial charge in [-0.3, -0.25) is 4.79 Å². The molecule has 2 rings (SSSR count). The predicted octanol–water partition coefficient (Wildman–Crippen LogP) is 2.02. The quantitative estimate of drug-likeness (QED) is 0.850. The standard InChI is InChI=1S/C15H16N2O4S/c1-9-3-4-12(21-2)10(5-9)6-13(18)16-7-14-17-11(8-22-14)15(19)20/h3-5,8H,6-7H2,1-2H3,(H,16,18)(H,19,20). The average molecular weight is 320 g/mol. The molecule has 0 spiro atoms. The van der Waals surface area contributed by atoms with Gasteiger partial charge in [0.2, 0.25) is 5.91 Å². The maximum Gasteiger partial charge on any atom is 0.355 e. The zero-order valence-corrected chi connectivity index (χ0v) is 13.1. The normalized spacial score (nSPS) is 10.3. The summed E-state index contributed by atoms with van der Waals surface area (Å²) >= 11 is 1.20. The molecule has 116 valence electrons. The summed E-state index contributed by atoms with van der Waals surface area (Å²) in [7, 11) is 1.56. The highest BCUT2D eigenvalue weighted by Crippen LogP contribution is 2.20. The summed E-state index contributed by atoms with van der Waals surface area (Å²) in [5, 5.41) is 13.5. The molecule has 1 aromatic heterocycles. The molecule has 1 heterocycles. The van der Waals surface area contributed by atoms with Gasteiger partial charge in [-0.05, 0) is 13.0 Å². The molecule has 0 saturated carbocycles. The van der Waals surface area contributed by atoms with Crippen LogP contribution < -0.4 is 10.1 Å². The van der Waals surface area contributed by atoms with Gasteiger partial charge in [-0.1, -0.05) is 17.7 Å². The molecule has 0 saturated heterocycles. The van der Waals surface area contributed by atoms with Crippen LogP contribution in [0, 0.1) is 6.92 Å². The second-order valence-electron chi connectivity index (χ2n) is 4.70. The van der Waals surface area contributed by atoms with Crippen LogP contribution >= 0.6 is 11.3 Å². The van der Waals surface area contributed by atoms with Gasteiger partial charge >= 0.3 is 5.97 Å². The first-order valence-corrected chi connectivity index (χ1v) is 7.45. The van der Waals surface area contributed by atoms with E-state index in [0.717, 1.165) is 11.1 Å². The lowest BCUT2D eigenvalue weighted by Gasteiger charge is -2.09. The van der Waals surface area contributed by atoms with Crippen LogP contribution in [0.15, 0.2) is 23.6 Å². The van der Waals surface area contributed by atoms with Crippen LogP contribution in [0.3, 0.4) is 0 Å². The van der Waals surface area contributed by atoms with Gasteiger partial charge in [-0.15, -0.1) is 11.3 Å². The molecule has 0 aliphatic carbocycles. The van der Waals surface area contributed by atoms with Gasteiger partial charge < -0.3 is 15.2 Å². The van der Waals surface area contributed by atoms with Crippen molar-refractivity contribution in [2.75, 3.05) is 7.11 Å². The minimum atomic E-state index is -1.07. The maximum atomic E-state index is 12.0. The van der Waals surface area contributed by atoms with Crippen molar-refractivity contribution in [2.45, 2.75) is 19.9 Å². The third-order valence-corrected chi connectivity index (χ3v) is 3.84. The molecule has 0 bridgehead atoms. The van der Waals surface area contributed by atoms with Crippen molar-refractivity contribution in [3.63, 3.8) is 0 Å². The molecule has 2 N–H and O–H groups in total. The highest BCUT2D eigenvalue weighted by molar-refractivity contribution is 7.09. The van der Waals surface area contributed by atoms with Crippen molar-refractivity contribution in [3.8, 4) is 5.75 Å². The van der Waals surface area contributed by atoms with Gasteiger partial charge in [-0.2, -0.15) is 0 Å². The maximum absolute atomic E-state index is 12.0. The van der Waals surface area contributed by atoms with Crippen molar-refractivity contribution < 1.29 is 19.4 Å². The summed E-state index contributed by atoms with van der Waals surface area (Å²) in [4.78, 5) is 26.7. The number of aromatic carboxylic acids is 1. The predicted molar refractivity (Wildman–Crippen MR) is 82.4 cm³/mol. The number of carbonyl (C=O) groups excluding carboxylic acids is 1. The molecular formula is C15H16N2O4S. The molecule has 0 fully saturated rings. The average Bonchev–Trinajstić information content (AvgIpc) is 2.94. The Hall–Kier alpha value is -2.41. The monoisotopic (exact) mass is 320 g/mol. The zero-order valence-electron chi connectivity index (χ0n) is 12.3. The largest absolute Gasteiger partial charge is 0.496 e. The Bertz CT molecular complexity index is 697. The number of nitrogens with zero attached hydrogens (tertiary/aromatic N) is 1. The van der Waals surface area contributed by atoms with Gasteiger partial charge in [0.05, 0.1) is 20.1 Å². The molecule has 7 heteroatoms. The lowest BCUT2D eigenvalue weighted by atomic mass is 10.1. The van der Waals surface area contributed by atoms with E-state index in [1.165, 1.54) is 16.7 Å². The smallest absolute Gasteiger partial charge is 0.355 e. The van der Waals surface area contributed by atoms with Gasteiger partial charge in [0.1, 0.15) is 10.8 Å². The second kappa shape index (κ2) is 7.04. The number of methoxy groups -OCH3 is 1. The summed E-state index contributed by atoms with van der Waals surface area (Å²) in [6.45, 7) is 2.16. The Kier molecular flexibility index (Phi) is 5.11. The van der Waals surface area contributed by atoms with E-state index in [4.69, 9.17) is 9.84 Å². The van der Waals surface area contributed by atoms with Crippen LogP contribution in [0.25, 0.3) is 0 Å². The Balaban J connectivity index is 1.95. The summed E-state index contributed by atoms with van der Waals surface area (Å²) in [6.07, 6.45) is 0.196. The number of aryl methyl sites for hydroxylation is 1. The molecule has 1 aromatic carbocycles. The third kappa shape index (κ3) is 4.05. The number of nitrogens with one attached hydrogen (secondary N) is 1. The molecule has 22 heavy (non-hydrogen) atoms. The highest BCUT2D eigenvalue weighted by atomic mass is 32.1. The minimum absolute atomic E-state index is 0.00500. The summed E-state index contributed by atoms with van der Waals surface area (Å²) in [6, 6.07) is 5.66. The fourth-order valence-corrected chi connectivity index (χ4v) is 2.65. The number of carbonyl (C=O) groups is 2. The van der Waals surface area contributed by atoms with E-state index in [9.17, 15) is 9.59 Å². The van der Waals surface area contributed by atoms with Crippen molar-refractivity contribution in [1.29, 1.82) is 0 Å². The molecule has 2 aromatic rings. The van der Waals surface area contributed by atoms with Gasteiger partial charge in [0.25, 0.3) is 0 Å². The molecule has 0 aliphatic rings. The number of thiazole rings is 1. The number of hydrogen-bond acceptors (Lipinski definition) is 5. The van der Waals surface area contributed by atoms with Crippen LogP contribution in [-0.2, 0) is 17.8 Å². The Morgan fingerprint density at radius 2 is 2.18 bits per heavy atom. The number of amides is 1. The fourth-order valence-electron chi connectivity index (χ4n) is 1.95. The summed E-state index contributed by atoms with van der Waals surface area (Å²) in [5.41, 5.74) is 1.86. The fraction of sp³-hybridized carbons (Fsp3) is 0.267. The first-order chi connectivity index (χ1) is 10.5. The van der Waals surface area contributed by atoms with Crippen LogP contribution in [0.1, 0.15) is 26.6 Å². The Labute approximate surface area is 131 Å². The number of carboxylic acid groups (broad SMARTS) is 1. The first-order valence-electron chi connectivity index (χ1n) is 6.57. The third-order valence-electron chi connectivity index (χ3n) is 2.99. The van der Waals surface area contributed by atoms with Crippen LogP contribution in [0.4, 0.5) is 0 Å². The minimum Gasteiger partial charge on any atom is -0.496 e. The van der Waals surface area contributed by atoms with Crippen molar-refractivity contribution in [1.82, 2.24) is 10.3 Å². The van der Waals surface area contributed by atoms with E-state index in [0.29, 0.717) is 10.8 Å². The van der Waals surface area contributed by atoms with E-state index in [2.05, 4.69) is 10.3 Å². The molecule has 0 atom stereocenters. The van der Waals surface area contributed by atoms with Crippen molar-refractivity contribution in [3.05, 3.63) is 45.4 Å². The number of rotatable bonds is 6. The lowest BCUT2D eigenvalue weighted by Crippen LogP contribution is -2.24. The van der Waals surface area contributed by atoms with Gasteiger partial charge in [-0.25, -0.2) is 9.78 Å². The van der Waals surface area contributed by atoms with E-state index in [1.54, 1.807) is 7.11 Å². The van der Waals surface area contributed by atoms with Crippen LogP contribution in [-0.4, -0.2) is 29.1 Å².